The van der Waals surface area contributed by atoms with Crippen LogP contribution in [-0.4, -0.2) is 27.4 Å². The molecule has 150 valence electrons. The van der Waals surface area contributed by atoms with Crippen molar-refractivity contribution in [3.63, 3.8) is 0 Å². The molecule has 0 aliphatic heterocycles. The Hall–Kier alpha value is -2.06. The number of hydrogen-bond donors (Lipinski definition) is 2. The fourth-order valence-electron chi connectivity index (χ4n) is 2.44. The Labute approximate surface area is 180 Å². The van der Waals surface area contributed by atoms with Crippen LogP contribution < -0.4 is 11.1 Å². The number of nitrogens with two attached hydrogens (primary N) is 1. The van der Waals surface area contributed by atoms with Crippen LogP contribution in [0, 0.1) is 0 Å². The van der Waals surface area contributed by atoms with Gasteiger partial charge in [-0.2, -0.15) is 0 Å². The third-order valence-corrected chi connectivity index (χ3v) is 4.90. The smallest absolute Gasteiger partial charge is 0.270 e. The lowest BCUT2D eigenvalue weighted by atomic mass is 9.99. The average molecular weight is 440 g/mol. The topological polar surface area (TPSA) is 93.8 Å². The minimum Gasteiger partial charge on any atom is -0.349 e. The molecule has 0 radical (unpaired) electrons. The van der Waals surface area contributed by atoms with Gasteiger partial charge in [0, 0.05) is 30.4 Å². The van der Waals surface area contributed by atoms with E-state index in [1.54, 1.807) is 24.0 Å². The summed E-state index contributed by atoms with van der Waals surface area (Å²) in [6, 6.07) is 7.92. The van der Waals surface area contributed by atoms with Crippen molar-refractivity contribution in [3.05, 3.63) is 65.1 Å². The second-order valence-electron chi connectivity index (χ2n) is 6.27. The third kappa shape index (κ3) is 5.97. The summed E-state index contributed by atoms with van der Waals surface area (Å²) in [6.45, 7) is 4.65. The molecular formula is C19H23Cl2N5OS. The summed E-state index contributed by atoms with van der Waals surface area (Å²) in [5.74, 6) is 0.235. The Morgan fingerprint density at radius 2 is 1.82 bits per heavy atom. The Kier molecular flexibility index (Phi) is 9.48. The molecule has 0 aliphatic rings. The van der Waals surface area contributed by atoms with Crippen molar-refractivity contribution in [1.82, 2.24) is 20.3 Å². The highest BCUT2D eigenvalue weighted by Gasteiger charge is 2.14. The number of hydrogen-bond acceptors (Lipinski definition) is 6. The second kappa shape index (κ2) is 11.1. The summed E-state index contributed by atoms with van der Waals surface area (Å²) in [7, 11) is 0. The monoisotopic (exact) mass is 439 g/mol. The molecule has 1 amide bonds. The van der Waals surface area contributed by atoms with E-state index in [4.69, 9.17) is 5.73 Å². The summed E-state index contributed by atoms with van der Waals surface area (Å²) in [5.41, 5.74) is 9.47. The molecule has 0 spiro atoms. The molecule has 28 heavy (non-hydrogen) atoms. The van der Waals surface area contributed by atoms with Crippen LogP contribution in [0.2, 0.25) is 0 Å². The van der Waals surface area contributed by atoms with Gasteiger partial charge in [-0.05, 0) is 17.0 Å². The summed E-state index contributed by atoms with van der Waals surface area (Å²) >= 11 is 1.36. The van der Waals surface area contributed by atoms with Crippen molar-refractivity contribution < 1.29 is 4.79 Å². The normalized spacial score (nSPS) is 11.3. The molecule has 3 rings (SSSR count). The molecule has 2 aromatic heterocycles. The van der Waals surface area contributed by atoms with E-state index in [9.17, 15) is 4.79 Å². The van der Waals surface area contributed by atoms with Gasteiger partial charge in [-0.3, -0.25) is 14.8 Å². The molecule has 2 heterocycles. The van der Waals surface area contributed by atoms with Crippen LogP contribution in [-0.2, 0) is 0 Å². The maximum absolute atomic E-state index is 12.3. The van der Waals surface area contributed by atoms with Crippen LogP contribution in [0.15, 0.2) is 48.2 Å². The fourth-order valence-corrected chi connectivity index (χ4v) is 3.20. The van der Waals surface area contributed by atoms with Gasteiger partial charge in [-0.25, -0.2) is 4.98 Å². The molecule has 3 aromatic rings. The zero-order valence-electron chi connectivity index (χ0n) is 15.5. The molecule has 3 N–H and O–H groups in total. The van der Waals surface area contributed by atoms with Crippen LogP contribution in [0.25, 0.3) is 10.7 Å². The predicted molar refractivity (Wildman–Crippen MR) is 117 cm³/mol. The number of rotatable bonds is 6. The van der Waals surface area contributed by atoms with Gasteiger partial charge in [0.25, 0.3) is 5.91 Å². The molecule has 0 aliphatic carbocycles. The van der Waals surface area contributed by atoms with E-state index in [0.29, 0.717) is 28.9 Å². The number of halogens is 2. The quantitative estimate of drug-likeness (QED) is 0.605. The first-order valence-electron chi connectivity index (χ1n) is 8.40. The first kappa shape index (κ1) is 24.0. The highest BCUT2D eigenvalue weighted by molar-refractivity contribution is 7.13. The number of carbonyl (C=O) groups excluding carboxylic acids is 1. The minimum absolute atomic E-state index is 0. The zero-order chi connectivity index (χ0) is 18.5. The van der Waals surface area contributed by atoms with E-state index in [1.165, 1.54) is 16.9 Å². The number of thiazole rings is 1. The lowest BCUT2D eigenvalue weighted by molar-refractivity contribution is 0.0947. The minimum atomic E-state index is -0.266. The van der Waals surface area contributed by atoms with Gasteiger partial charge in [-0.15, -0.1) is 36.2 Å². The lowest BCUT2D eigenvalue weighted by Gasteiger charge is -2.14. The Bertz CT molecular complexity index is 872. The standard InChI is InChI=1S/C19H21N5OS.2ClH/c1-12(2)13-3-5-14(6-4-13)15(20)9-23-18(25)17-11-26-19(24-17)16-10-21-7-8-22-16;;/h3-8,10-12,15H,9,20H2,1-2H3,(H,23,25);2*1H. The summed E-state index contributed by atoms with van der Waals surface area (Å²) in [5, 5.41) is 5.22. The Balaban J connectivity index is 0.00000196. The van der Waals surface area contributed by atoms with Crippen molar-refractivity contribution in [1.29, 1.82) is 0 Å². The predicted octanol–water partition coefficient (Wildman–Crippen LogP) is 4.00. The van der Waals surface area contributed by atoms with Gasteiger partial charge in [0.2, 0.25) is 0 Å². The average Bonchev–Trinajstić information content (AvgIpc) is 3.17. The summed E-state index contributed by atoms with van der Waals surface area (Å²) in [6.07, 6.45) is 4.82. The van der Waals surface area contributed by atoms with Crippen molar-refractivity contribution in [2.24, 2.45) is 5.73 Å². The number of benzene rings is 1. The van der Waals surface area contributed by atoms with Gasteiger partial charge in [-0.1, -0.05) is 38.1 Å². The summed E-state index contributed by atoms with van der Waals surface area (Å²) < 4.78 is 0. The van der Waals surface area contributed by atoms with E-state index < -0.39 is 0 Å². The van der Waals surface area contributed by atoms with Crippen molar-refractivity contribution in [2.75, 3.05) is 6.54 Å². The van der Waals surface area contributed by atoms with Crippen LogP contribution in [0.5, 0.6) is 0 Å². The maximum Gasteiger partial charge on any atom is 0.270 e. The number of carbonyl (C=O) groups is 1. The Morgan fingerprint density at radius 1 is 1.14 bits per heavy atom. The molecule has 0 bridgehead atoms. The van der Waals surface area contributed by atoms with Crippen molar-refractivity contribution in [3.8, 4) is 10.7 Å². The van der Waals surface area contributed by atoms with E-state index >= 15 is 0 Å². The lowest BCUT2D eigenvalue weighted by Crippen LogP contribution is -2.32. The van der Waals surface area contributed by atoms with E-state index in [0.717, 1.165) is 5.56 Å². The Morgan fingerprint density at radius 3 is 2.43 bits per heavy atom. The van der Waals surface area contributed by atoms with Gasteiger partial charge in [0.15, 0.2) is 0 Å². The molecule has 9 heteroatoms. The highest BCUT2D eigenvalue weighted by atomic mass is 35.5. The molecule has 0 saturated carbocycles. The SMILES string of the molecule is CC(C)c1ccc(C(N)CNC(=O)c2csc(-c3cnccn3)n2)cc1.Cl.Cl. The molecular weight excluding hydrogens is 417 g/mol. The van der Waals surface area contributed by atoms with Crippen LogP contribution in [0.3, 0.4) is 0 Å². The van der Waals surface area contributed by atoms with Crippen LogP contribution in [0.1, 0.15) is 47.4 Å². The van der Waals surface area contributed by atoms with Gasteiger partial charge < -0.3 is 11.1 Å². The highest BCUT2D eigenvalue weighted by Crippen LogP contribution is 2.21. The molecule has 6 nitrogen and oxygen atoms in total. The van der Waals surface area contributed by atoms with Gasteiger partial charge >= 0.3 is 0 Å². The van der Waals surface area contributed by atoms with Crippen LogP contribution >= 0.6 is 36.2 Å². The largest absolute Gasteiger partial charge is 0.349 e. The van der Waals surface area contributed by atoms with Crippen LogP contribution in [0.4, 0.5) is 0 Å². The fraction of sp³-hybridized carbons (Fsp3) is 0.263. The number of amides is 1. The maximum atomic E-state index is 12.3. The van der Waals surface area contributed by atoms with E-state index in [1.807, 2.05) is 12.1 Å². The number of nitrogens with zero attached hydrogens (tertiary/aromatic N) is 3. The number of nitrogens with one attached hydrogen (secondary N) is 1. The summed E-state index contributed by atoms with van der Waals surface area (Å²) in [4.78, 5) is 24.8. The van der Waals surface area contributed by atoms with Crippen molar-refractivity contribution >= 4 is 42.1 Å². The third-order valence-electron chi connectivity index (χ3n) is 4.03. The van der Waals surface area contributed by atoms with Crippen molar-refractivity contribution in [2.45, 2.75) is 25.8 Å². The molecule has 0 fully saturated rings. The second-order valence-corrected chi connectivity index (χ2v) is 7.12. The van der Waals surface area contributed by atoms with E-state index in [2.05, 4.69) is 46.2 Å². The first-order valence-corrected chi connectivity index (χ1v) is 9.28. The molecule has 1 atom stereocenters. The molecule has 1 aromatic carbocycles. The van der Waals surface area contributed by atoms with E-state index in [-0.39, 0.29) is 36.8 Å². The zero-order valence-corrected chi connectivity index (χ0v) is 18.0. The first-order chi connectivity index (χ1) is 12.5. The number of aromatic nitrogens is 3. The van der Waals surface area contributed by atoms with Gasteiger partial charge in [0.05, 0.1) is 6.20 Å². The molecule has 1 unspecified atom stereocenters. The molecule has 0 saturated heterocycles. The van der Waals surface area contributed by atoms with Gasteiger partial charge in [0.1, 0.15) is 16.4 Å².